The minimum atomic E-state index is -0.426. The molecular formula is C19H24N4O3. The Hall–Kier alpha value is -2.57. The van der Waals surface area contributed by atoms with Gasteiger partial charge in [0, 0.05) is 12.7 Å². The predicted octanol–water partition coefficient (Wildman–Crippen LogP) is 2.51. The number of furan rings is 1. The van der Waals surface area contributed by atoms with Crippen LogP contribution in [0.5, 0.6) is 0 Å². The van der Waals surface area contributed by atoms with Crippen LogP contribution in [-0.4, -0.2) is 39.1 Å². The molecule has 1 saturated carbocycles. The zero-order chi connectivity index (χ0) is 17.9. The van der Waals surface area contributed by atoms with Gasteiger partial charge < -0.3 is 14.6 Å². The topological polar surface area (TPSA) is 80.4 Å². The highest BCUT2D eigenvalue weighted by atomic mass is 16.3. The number of carbonyl (C=O) groups is 2. The highest BCUT2D eigenvalue weighted by Gasteiger charge is 2.36. The Labute approximate surface area is 152 Å². The normalized spacial score (nSPS) is 20.6. The summed E-state index contributed by atoms with van der Waals surface area (Å²) in [4.78, 5) is 27.4. The maximum atomic E-state index is 13.1. The average Bonchev–Trinajstić information content (AvgIpc) is 3.44. The van der Waals surface area contributed by atoms with E-state index in [-0.39, 0.29) is 11.8 Å². The molecule has 138 valence electrons. The fraction of sp³-hybridized carbons (Fsp3) is 0.526. The lowest BCUT2D eigenvalue weighted by atomic mass is 10.2. The Morgan fingerprint density at radius 1 is 1.19 bits per heavy atom. The van der Waals surface area contributed by atoms with Gasteiger partial charge >= 0.3 is 0 Å². The molecule has 1 N–H and O–H groups in total. The van der Waals surface area contributed by atoms with Crippen molar-refractivity contribution in [1.29, 1.82) is 0 Å². The predicted molar refractivity (Wildman–Crippen MR) is 94.3 cm³/mol. The van der Waals surface area contributed by atoms with Gasteiger partial charge in [-0.05, 0) is 43.9 Å². The van der Waals surface area contributed by atoms with Crippen molar-refractivity contribution in [3.8, 4) is 0 Å². The Kier molecular flexibility index (Phi) is 4.77. The van der Waals surface area contributed by atoms with Crippen molar-refractivity contribution in [2.24, 2.45) is 0 Å². The lowest BCUT2D eigenvalue weighted by molar-refractivity contribution is -0.125. The lowest BCUT2D eigenvalue weighted by Crippen LogP contribution is -2.46. The molecule has 1 atom stereocenters. The quantitative estimate of drug-likeness (QED) is 0.893. The van der Waals surface area contributed by atoms with Gasteiger partial charge in [0.05, 0.1) is 18.8 Å². The summed E-state index contributed by atoms with van der Waals surface area (Å²) in [5.74, 6) is 0.484. The van der Waals surface area contributed by atoms with Gasteiger partial charge in [-0.2, -0.15) is 5.10 Å². The molecule has 3 heterocycles. The molecule has 1 aliphatic heterocycles. The molecule has 2 fully saturated rings. The van der Waals surface area contributed by atoms with Gasteiger partial charge in [0.25, 0.3) is 5.91 Å². The van der Waals surface area contributed by atoms with E-state index >= 15 is 0 Å². The number of likely N-dealkylation sites (tertiary alicyclic amines) is 1. The van der Waals surface area contributed by atoms with E-state index in [9.17, 15) is 9.59 Å². The van der Waals surface area contributed by atoms with Crippen LogP contribution in [0, 0.1) is 0 Å². The summed E-state index contributed by atoms with van der Waals surface area (Å²) >= 11 is 0. The summed E-state index contributed by atoms with van der Waals surface area (Å²) < 4.78 is 7.11. The van der Waals surface area contributed by atoms with Crippen LogP contribution in [-0.2, 0) is 11.3 Å². The van der Waals surface area contributed by atoms with Gasteiger partial charge in [0.2, 0.25) is 5.91 Å². The molecule has 2 amide bonds. The van der Waals surface area contributed by atoms with Gasteiger partial charge in [-0.3, -0.25) is 14.3 Å². The van der Waals surface area contributed by atoms with Crippen LogP contribution in [0.4, 0.5) is 0 Å². The summed E-state index contributed by atoms with van der Waals surface area (Å²) in [5.41, 5.74) is 0.600. The van der Waals surface area contributed by atoms with Crippen molar-refractivity contribution >= 4 is 11.8 Å². The zero-order valence-electron chi connectivity index (χ0n) is 14.8. The maximum absolute atomic E-state index is 13.1. The number of aromatic nitrogens is 2. The molecule has 0 radical (unpaired) electrons. The summed E-state index contributed by atoms with van der Waals surface area (Å²) in [6, 6.07) is 5.26. The second kappa shape index (κ2) is 7.35. The first-order chi connectivity index (χ1) is 12.7. The molecule has 7 heteroatoms. The van der Waals surface area contributed by atoms with Crippen LogP contribution >= 0.6 is 0 Å². The summed E-state index contributed by atoms with van der Waals surface area (Å²) in [6.45, 7) is 0.942. The van der Waals surface area contributed by atoms with Gasteiger partial charge in [0.15, 0.2) is 0 Å². The molecule has 0 aromatic carbocycles. The molecular weight excluding hydrogens is 332 g/mol. The van der Waals surface area contributed by atoms with E-state index in [0.29, 0.717) is 37.0 Å². The molecule has 1 saturated heterocycles. The summed E-state index contributed by atoms with van der Waals surface area (Å²) in [7, 11) is 0. The Balaban J connectivity index is 1.45. The number of nitrogens with one attached hydrogen (secondary N) is 1. The minimum absolute atomic E-state index is 0.0925. The first-order valence-corrected chi connectivity index (χ1v) is 9.38. The summed E-state index contributed by atoms with van der Waals surface area (Å²) in [6.07, 6.45) is 9.28. The molecule has 2 aliphatic rings. The molecule has 1 aliphatic carbocycles. The third-order valence-electron chi connectivity index (χ3n) is 5.39. The fourth-order valence-corrected chi connectivity index (χ4v) is 4.06. The third-order valence-corrected chi connectivity index (χ3v) is 5.39. The van der Waals surface area contributed by atoms with Crippen molar-refractivity contribution in [2.75, 3.05) is 6.54 Å². The SMILES string of the molecule is O=C(NCc1ccco1)C1CCCN1C(=O)c1ccnn1C1CCCC1. The number of hydrogen-bond acceptors (Lipinski definition) is 4. The third kappa shape index (κ3) is 3.25. The van der Waals surface area contributed by atoms with Gasteiger partial charge in [-0.1, -0.05) is 12.8 Å². The molecule has 1 unspecified atom stereocenters. The lowest BCUT2D eigenvalue weighted by Gasteiger charge is -2.25. The van der Waals surface area contributed by atoms with E-state index in [1.54, 1.807) is 29.5 Å². The van der Waals surface area contributed by atoms with Crippen molar-refractivity contribution < 1.29 is 14.0 Å². The zero-order valence-corrected chi connectivity index (χ0v) is 14.8. The van der Waals surface area contributed by atoms with Crippen LogP contribution in [0.2, 0.25) is 0 Å². The molecule has 7 nitrogen and oxygen atoms in total. The average molecular weight is 356 g/mol. The van der Waals surface area contributed by atoms with Gasteiger partial charge in [-0.15, -0.1) is 0 Å². The smallest absolute Gasteiger partial charge is 0.272 e. The van der Waals surface area contributed by atoms with E-state index in [2.05, 4.69) is 10.4 Å². The standard InChI is InChI=1S/C19H24N4O3/c24-18(20-13-15-7-4-12-26-15)16-8-3-11-22(16)19(25)17-9-10-21-23(17)14-5-1-2-6-14/h4,7,9-10,12,14,16H,1-3,5-6,8,11,13H2,(H,20,24). The number of nitrogens with zero attached hydrogens (tertiary/aromatic N) is 3. The second-order valence-electron chi connectivity index (χ2n) is 7.05. The van der Waals surface area contributed by atoms with Crippen molar-refractivity contribution in [2.45, 2.75) is 57.2 Å². The van der Waals surface area contributed by atoms with E-state index < -0.39 is 6.04 Å². The van der Waals surface area contributed by atoms with Crippen molar-refractivity contribution in [3.63, 3.8) is 0 Å². The monoisotopic (exact) mass is 356 g/mol. The van der Waals surface area contributed by atoms with Crippen LogP contribution in [0.15, 0.2) is 35.1 Å². The van der Waals surface area contributed by atoms with E-state index in [4.69, 9.17) is 4.42 Å². The largest absolute Gasteiger partial charge is 0.467 e. The first-order valence-electron chi connectivity index (χ1n) is 9.38. The number of hydrogen-bond donors (Lipinski definition) is 1. The van der Waals surface area contributed by atoms with E-state index in [1.165, 1.54) is 12.8 Å². The van der Waals surface area contributed by atoms with Crippen molar-refractivity contribution in [3.05, 3.63) is 42.1 Å². The van der Waals surface area contributed by atoms with Crippen LogP contribution in [0.3, 0.4) is 0 Å². The maximum Gasteiger partial charge on any atom is 0.272 e. The van der Waals surface area contributed by atoms with Crippen LogP contribution < -0.4 is 5.32 Å². The highest BCUT2D eigenvalue weighted by molar-refractivity contribution is 5.96. The molecule has 26 heavy (non-hydrogen) atoms. The Morgan fingerprint density at radius 3 is 2.81 bits per heavy atom. The highest BCUT2D eigenvalue weighted by Crippen LogP contribution is 2.30. The minimum Gasteiger partial charge on any atom is -0.467 e. The van der Waals surface area contributed by atoms with E-state index in [1.807, 2.05) is 10.7 Å². The fourth-order valence-electron chi connectivity index (χ4n) is 4.06. The van der Waals surface area contributed by atoms with Crippen LogP contribution in [0.25, 0.3) is 0 Å². The molecule has 4 rings (SSSR count). The molecule has 0 spiro atoms. The first kappa shape index (κ1) is 16.9. The molecule has 0 bridgehead atoms. The van der Waals surface area contributed by atoms with Gasteiger partial charge in [0.1, 0.15) is 17.5 Å². The number of rotatable bonds is 5. The van der Waals surface area contributed by atoms with Gasteiger partial charge in [-0.25, -0.2) is 0 Å². The van der Waals surface area contributed by atoms with E-state index in [0.717, 1.165) is 19.3 Å². The number of amides is 2. The van der Waals surface area contributed by atoms with Crippen LogP contribution in [0.1, 0.15) is 60.8 Å². The molecule has 2 aromatic rings. The number of carbonyl (C=O) groups excluding carboxylic acids is 2. The second-order valence-corrected chi connectivity index (χ2v) is 7.05. The molecule has 2 aromatic heterocycles. The Bertz CT molecular complexity index is 762. The summed E-state index contributed by atoms with van der Waals surface area (Å²) in [5, 5.41) is 7.26. The van der Waals surface area contributed by atoms with Crippen molar-refractivity contribution in [1.82, 2.24) is 20.0 Å². The Morgan fingerprint density at radius 2 is 2.04 bits per heavy atom.